The fraction of sp³-hybridized carbons (Fsp3) is 0.130. The number of hydrogen-bond donors (Lipinski definition) is 3. The number of methoxy groups -OCH3 is 1. The van der Waals surface area contributed by atoms with Crippen LogP contribution in [0.2, 0.25) is 5.02 Å². The number of ether oxygens (including phenoxy) is 1. The first-order chi connectivity index (χ1) is 14.9. The fourth-order valence-electron chi connectivity index (χ4n) is 2.71. The van der Waals surface area contributed by atoms with Gasteiger partial charge < -0.3 is 20.7 Å². The van der Waals surface area contributed by atoms with Gasteiger partial charge in [0.15, 0.2) is 0 Å². The Morgan fingerprint density at radius 1 is 0.935 bits per heavy atom. The molecule has 31 heavy (non-hydrogen) atoms. The molecule has 0 aliphatic heterocycles. The third-order valence-corrected chi connectivity index (χ3v) is 5.69. The summed E-state index contributed by atoms with van der Waals surface area (Å²) >= 11 is 7.49. The quantitative estimate of drug-likeness (QED) is 0.380. The molecule has 3 aromatic carbocycles. The van der Waals surface area contributed by atoms with Crippen molar-refractivity contribution in [3.8, 4) is 5.75 Å². The topological polar surface area (TPSA) is 79.5 Å². The third kappa shape index (κ3) is 6.67. The minimum atomic E-state index is -0.321. The first-order valence-corrected chi connectivity index (χ1v) is 10.8. The lowest BCUT2D eigenvalue weighted by atomic mass is 10.2. The third-order valence-electron chi connectivity index (χ3n) is 4.27. The van der Waals surface area contributed by atoms with Crippen LogP contribution in [0.4, 0.5) is 21.9 Å². The number of halogens is 1. The minimum absolute atomic E-state index is 0.158. The maximum atomic E-state index is 12.4. The number of amides is 3. The molecule has 0 fully saturated rings. The van der Waals surface area contributed by atoms with Crippen LogP contribution in [0.3, 0.4) is 0 Å². The molecule has 160 valence electrons. The molecule has 0 saturated heterocycles. The summed E-state index contributed by atoms with van der Waals surface area (Å²) in [7, 11) is 1.53. The Hall–Kier alpha value is -3.16. The van der Waals surface area contributed by atoms with Gasteiger partial charge in [-0.05, 0) is 55.0 Å². The predicted molar refractivity (Wildman–Crippen MR) is 128 cm³/mol. The molecule has 0 spiro atoms. The molecular weight excluding hydrogens is 434 g/mol. The largest absolute Gasteiger partial charge is 0.495 e. The van der Waals surface area contributed by atoms with Crippen molar-refractivity contribution in [2.24, 2.45) is 0 Å². The average Bonchev–Trinajstić information content (AvgIpc) is 2.76. The van der Waals surface area contributed by atoms with E-state index in [1.54, 1.807) is 24.3 Å². The Morgan fingerprint density at radius 2 is 1.58 bits per heavy atom. The van der Waals surface area contributed by atoms with E-state index in [2.05, 4.69) is 16.0 Å². The summed E-state index contributed by atoms with van der Waals surface area (Å²) < 4.78 is 5.28. The van der Waals surface area contributed by atoms with E-state index in [0.717, 1.165) is 10.5 Å². The molecule has 3 N–H and O–H groups in total. The number of urea groups is 1. The lowest BCUT2D eigenvalue weighted by Crippen LogP contribution is -2.19. The van der Waals surface area contributed by atoms with Crippen molar-refractivity contribution >= 4 is 52.4 Å². The van der Waals surface area contributed by atoms with Crippen molar-refractivity contribution in [2.75, 3.05) is 28.8 Å². The Kier molecular flexibility index (Phi) is 7.81. The molecule has 0 heterocycles. The van der Waals surface area contributed by atoms with Crippen molar-refractivity contribution in [3.63, 3.8) is 0 Å². The molecule has 3 aromatic rings. The molecule has 0 atom stereocenters. The van der Waals surface area contributed by atoms with Crippen molar-refractivity contribution in [1.29, 1.82) is 0 Å². The molecule has 3 rings (SSSR count). The van der Waals surface area contributed by atoms with Gasteiger partial charge >= 0.3 is 6.03 Å². The van der Waals surface area contributed by atoms with Crippen LogP contribution in [0.15, 0.2) is 71.6 Å². The number of hydrogen-bond acceptors (Lipinski definition) is 4. The fourth-order valence-corrected chi connectivity index (χ4v) is 3.57. The van der Waals surface area contributed by atoms with Crippen molar-refractivity contribution < 1.29 is 14.3 Å². The van der Waals surface area contributed by atoms with Crippen molar-refractivity contribution in [3.05, 3.63) is 77.3 Å². The molecule has 0 aromatic heterocycles. The van der Waals surface area contributed by atoms with Gasteiger partial charge in [0.25, 0.3) is 0 Å². The zero-order valence-corrected chi connectivity index (χ0v) is 18.6. The summed E-state index contributed by atoms with van der Waals surface area (Å²) in [5.74, 6) is 0.583. The standard InChI is InChI=1S/C23H22ClN3O3S/c1-15-12-20(21(30-2)13-19(15)24)27-22(28)14-31-18-10-8-17(9-11-18)26-23(29)25-16-6-4-3-5-7-16/h3-13H,14H2,1-2H3,(H,27,28)(H2,25,26,29). The van der Waals surface area contributed by atoms with Crippen LogP contribution < -0.4 is 20.7 Å². The zero-order chi connectivity index (χ0) is 22.2. The number of carbonyl (C=O) groups is 2. The lowest BCUT2D eigenvalue weighted by molar-refractivity contribution is -0.113. The summed E-state index contributed by atoms with van der Waals surface area (Å²) in [6.07, 6.45) is 0. The molecule has 0 unspecified atom stereocenters. The monoisotopic (exact) mass is 455 g/mol. The number of carbonyl (C=O) groups excluding carboxylic acids is 2. The minimum Gasteiger partial charge on any atom is -0.495 e. The van der Waals surface area contributed by atoms with Gasteiger partial charge in [0, 0.05) is 27.4 Å². The van der Waals surface area contributed by atoms with E-state index in [1.165, 1.54) is 18.9 Å². The van der Waals surface area contributed by atoms with Crippen LogP contribution in [0.1, 0.15) is 5.56 Å². The summed E-state index contributed by atoms with van der Waals surface area (Å²) in [5, 5.41) is 8.96. The maximum Gasteiger partial charge on any atom is 0.323 e. The number of para-hydroxylation sites is 1. The number of benzene rings is 3. The highest BCUT2D eigenvalue weighted by atomic mass is 35.5. The SMILES string of the molecule is COc1cc(Cl)c(C)cc1NC(=O)CSc1ccc(NC(=O)Nc2ccccc2)cc1. The molecular formula is C23H22ClN3O3S. The number of nitrogens with one attached hydrogen (secondary N) is 3. The molecule has 0 radical (unpaired) electrons. The van der Waals surface area contributed by atoms with E-state index < -0.39 is 0 Å². The van der Waals surface area contributed by atoms with E-state index in [4.69, 9.17) is 16.3 Å². The smallest absolute Gasteiger partial charge is 0.323 e. The Bertz CT molecular complexity index is 1060. The van der Waals surface area contributed by atoms with Crippen LogP contribution in [-0.2, 0) is 4.79 Å². The molecule has 0 aliphatic rings. The van der Waals surface area contributed by atoms with Crippen molar-refractivity contribution in [2.45, 2.75) is 11.8 Å². The molecule has 0 aliphatic carbocycles. The second-order valence-electron chi connectivity index (χ2n) is 6.61. The first kappa shape index (κ1) is 22.5. The van der Waals surface area contributed by atoms with Gasteiger partial charge in [-0.2, -0.15) is 0 Å². The van der Waals surface area contributed by atoms with Gasteiger partial charge in [-0.25, -0.2) is 4.79 Å². The highest BCUT2D eigenvalue weighted by molar-refractivity contribution is 8.00. The highest BCUT2D eigenvalue weighted by Gasteiger charge is 2.11. The molecule has 3 amide bonds. The van der Waals surface area contributed by atoms with Crippen molar-refractivity contribution in [1.82, 2.24) is 0 Å². The Labute approximate surface area is 190 Å². The van der Waals surface area contributed by atoms with Gasteiger partial charge in [0.05, 0.1) is 18.6 Å². The van der Waals surface area contributed by atoms with E-state index in [0.29, 0.717) is 27.8 Å². The lowest BCUT2D eigenvalue weighted by Gasteiger charge is -2.12. The molecule has 8 heteroatoms. The highest BCUT2D eigenvalue weighted by Crippen LogP contribution is 2.31. The van der Waals surface area contributed by atoms with Gasteiger partial charge in [-0.3, -0.25) is 4.79 Å². The Morgan fingerprint density at radius 3 is 2.23 bits per heavy atom. The number of rotatable bonds is 7. The maximum absolute atomic E-state index is 12.4. The van der Waals surface area contributed by atoms with Crippen LogP contribution in [0.25, 0.3) is 0 Å². The predicted octanol–water partition coefficient (Wildman–Crippen LogP) is 6.03. The van der Waals surface area contributed by atoms with Gasteiger partial charge in [-0.1, -0.05) is 29.8 Å². The van der Waals surface area contributed by atoms with Crippen LogP contribution in [0.5, 0.6) is 5.75 Å². The summed E-state index contributed by atoms with van der Waals surface area (Å²) in [4.78, 5) is 25.3. The second-order valence-corrected chi connectivity index (χ2v) is 8.06. The zero-order valence-electron chi connectivity index (χ0n) is 17.1. The van der Waals surface area contributed by atoms with Crippen LogP contribution in [0, 0.1) is 6.92 Å². The van der Waals surface area contributed by atoms with Crippen LogP contribution in [-0.4, -0.2) is 24.8 Å². The van der Waals surface area contributed by atoms with Gasteiger partial charge in [-0.15, -0.1) is 11.8 Å². The van der Waals surface area contributed by atoms with E-state index in [9.17, 15) is 9.59 Å². The summed E-state index contributed by atoms with van der Waals surface area (Å²) in [6.45, 7) is 1.86. The number of thioether (sulfide) groups is 1. The van der Waals surface area contributed by atoms with E-state index in [-0.39, 0.29) is 17.7 Å². The number of aryl methyl sites for hydroxylation is 1. The molecule has 0 bridgehead atoms. The number of anilines is 3. The van der Waals surface area contributed by atoms with Gasteiger partial charge in [0.2, 0.25) is 5.91 Å². The second kappa shape index (κ2) is 10.7. The van der Waals surface area contributed by atoms with Crippen LogP contribution >= 0.6 is 23.4 Å². The molecule has 0 saturated carbocycles. The van der Waals surface area contributed by atoms with Gasteiger partial charge in [0.1, 0.15) is 5.75 Å². The average molecular weight is 456 g/mol. The van der Waals surface area contributed by atoms with E-state index >= 15 is 0 Å². The Balaban J connectivity index is 1.50. The summed E-state index contributed by atoms with van der Waals surface area (Å²) in [5.41, 5.74) is 2.80. The first-order valence-electron chi connectivity index (χ1n) is 9.44. The van der Waals surface area contributed by atoms with E-state index in [1.807, 2.05) is 49.4 Å². The summed E-state index contributed by atoms with van der Waals surface area (Å²) in [6, 6.07) is 19.6. The molecule has 6 nitrogen and oxygen atoms in total. The normalized spacial score (nSPS) is 10.3.